The van der Waals surface area contributed by atoms with Crippen LogP contribution in [-0.4, -0.2) is 14.0 Å². The Bertz CT molecular complexity index is 596. The van der Waals surface area contributed by atoms with Crippen molar-refractivity contribution in [2.75, 3.05) is 0 Å². The smallest absolute Gasteiger partial charge is 0.263 e. The lowest BCUT2D eigenvalue weighted by atomic mass is 9.95. The van der Waals surface area contributed by atoms with E-state index in [0.717, 1.165) is 27.8 Å². The fourth-order valence-electron chi connectivity index (χ4n) is 2.09. The SMILES string of the molecule is Cc1c(C)c(C)c(S(=O)(=O)NOC(C)(C)C)c(C)c1C. The van der Waals surface area contributed by atoms with Crippen molar-refractivity contribution in [1.29, 1.82) is 0 Å². The Morgan fingerprint density at radius 2 is 1.15 bits per heavy atom. The standard InChI is InChI=1S/C15H25NO3S/c1-9-10(2)12(4)14(13(5)11(9)3)20(17,18)16-19-15(6,7)8/h16H,1-8H3. The minimum atomic E-state index is -3.69. The Balaban J connectivity index is 3.40. The van der Waals surface area contributed by atoms with Crippen LogP contribution < -0.4 is 4.89 Å². The summed E-state index contributed by atoms with van der Waals surface area (Å²) in [6.45, 7) is 14.9. The third kappa shape index (κ3) is 3.40. The average Bonchev–Trinajstić information content (AvgIpc) is 2.31. The van der Waals surface area contributed by atoms with E-state index in [-0.39, 0.29) is 0 Å². The van der Waals surface area contributed by atoms with Crippen LogP contribution in [0.25, 0.3) is 0 Å². The van der Waals surface area contributed by atoms with Crippen LogP contribution in [0.15, 0.2) is 4.90 Å². The summed E-state index contributed by atoms with van der Waals surface area (Å²) in [5.41, 5.74) is 4.11. The van der Waals surface area contributed by atoms with Crippen molar-refractivity contribution in [3.05, 3.63) is 27.8 Å². The summed E-state index contributed by atoms with van der Waals surface area (Å²) in [5.74, 6) is 0. The quantitative estimate of drug-likeness (QED) is 0.872. The molecule has 1 aromatic rings. The number of hydrogen-bond acceptors (Lipinski definition) is 3. The first-order chi connectivity index (χ1) is 8.88. The van der Waals surface area contributed by atoms with Crippen LogP contribution >= 0.6 is 0 Å². The van der Waals surface area contributed by atoms with Gasteiger partial charge in [0.15, 0.2) is 0 Å². The van der Waals surface area contributed by atoms with E-state index >= 15 is 0 Å². The molecule has 0 radical (unpaired) electrons. The van der Waals surface area contributed by atoms with E-state index in [1.54, 1.807) is 20.8 Å². The van der Waals surface area contributed by atoms with Crippen LogP contribution in [0.5, 0.6) is 0 Å². The summed E-state index contributed by atoms with van der Waals surface area (Å²) < 4.78 is 25.0. The number of nitrogens with one attached hydrogen (secondary N) is 1. The number of sulfonamides is 1. The summed E-state index contributed by atoms with van der Waals surface area (Å²) in [5, 5.41) is 0. The molecule has 0 unspecified atom stereocenters. The van der Waals surface area contributed by atoms with Gasteiger partial charge >= 0.3 is 0 Å². The lowest BCUT2D eigenvalue weighted by molar-refractivity contribution is -0.0358. The molecular weight excluding hydrogens is 274 g/mol. The van der Waals surface area contributed by atoms with Crippen LogP contribution in [0.3, 0.4) is 0 Å². The zero-order chi connectivity index (χ0) is 15.9. The van der Waals surface area contributed by atoms with E-state index in [4.69, 9.17) is 4.84 Å². The van der Waals surface area contributed by atoms with Crippen LogP contribution in [0.4, 0.5) is 0 Å². The molecule has 114 valence electrons. The van der Waals surface area contributed by atoms with Gasteiger partial charge in [-0.25, -0.2) is 8.42 Å². The van der Waals surface area contributed by atoms with Crippen molar-refractivity contribution in [2.24, 2.45) is 0 Å². The monoisotopic (exact) mass is 299 g/mol. The second-order valence-electron chi connectivity index (χ2n) is 6.26. The van der Waals surface area contributed by atoms with Gasteiger partial charge in [0.1, 0.15) is 0 Å². The normalized spacial score (nSPS) is 12.8. The van der Waals surface area contributed by atoms with Gasteiger partial charge in [0.2, 0.25) is 0 Å². The first-order valence-electron chi connectivity index (χ1n) is 6.65. The molecule has 1 N–H and O–H groups in total. The van der Waals surface area contributed by atoms with E-state index < -0.39 is 15.6 Å². The van der Waals surface area contributed by atoms with Gasteiger partial charge in [-0.3, -0.25) is 4.84 Å². The van der Waals surface area contributed by atoms with Crippen LogP contribution in [0.1, 0.15) is 48.6 Å². The van der Waals surface area contributed by atoms with Gasteiger partial charge in [0.25, 0.3) is 10.0 Å². The summed E-state index contributed by atoms with van der Waals surface area (Å²) in [6.07, 6.45) is 0. The Morgan fingerprint density at radius 3 is 1.50 bits per heavy atom. The number of rotatable bonds is 3. The molecule has 0 saturated carbocycles. The van der Waals surface area contributed by atoms with Gasteiger partial charge < -0.3 is 0 Å². The van der Waals surface area contributed by atoms with Crippen molar-refractivity contribution in [1.82, 2.24) is 4.89 Å². The van der Waals surface area contributed by atoms with Gasteiger partial charge in [-0.2, -0.15) is 0 Å². The maximum atomic E-state index is 12.5. The average molecular weight is 299 g/mol. The molecular formula is C15H25NO3S. The zero-order valence-corrected chi connectivity index (χ0v) is 14.4. The van der Waals surface area contributed by atoms with E-state index in [1.807, 2.05) is 34.6 Å². The van der Waals surface area contributed by atoms with E-state index in [9.17, 15) is 8.42 Å². The fourth-order valence-corrected chi connectivity index (χ4v) is 3.65. The number of hydrogen-bond donors (Lipinski definition) is 1. The molecule has 0 amide bonds. The Labute approximate surface area is 122 Å². The fraction of sp³-hybridized carbons (Fsp3) is 0.600. The maximum absolute atomic E-state index is 12.5. The van der Waals surface area contributed by atoms with E-state index in [1.165, 1.54) is 0 Å². The maximum Gasteiger partial charge on any atom is 0.263 e. The highest BCUT2D eigenvalue weighted by Gasteiger charge is 2.25. The molecule has 0 aliphatic heterocycles. The predicted octanol–water partition coefficient (Wildman–Crippen LogP) is 3.24. The third-order valence-corrected chi connectivity index (χ3v) is 5.11. The molecule has 5 heteroatoms. The zero-order valence-electron chi connectivity index (χ0n) is 13.6. The van der Waals surface area contributed by atoms with Gasteiger partial charge in [-0.15, -0.1) is 0 Å². The molecule has 0 spiro atoms. The third-order valence-electron chi connectivity index (χ3n) is 3.66. The molecule has 1 rings (SSSR count). The minimum Gasteiger partial charge on any atom is -0.281 e. The van der Waals surface area contributed by atoms with Crippen molar-refractivity contribution in [2.45, 2.75) is 65.9 Å². The first-order valence-corrected chi connectivity index (χ1v) is 8.13. The molecule has 0 saturated heterocycles. The Morgan fingerprint density at radius 1 is 0.800 bits per heavy atom. The summed E-state index contributed by atoms with van der Waals surface area (Å²) in [6, 6.07) is 0. The Kier molecular flexibility index (Phi) is 4.69. The van der Waals surface area contributed by atoms with Crippen molar-refractivity contribution in [3.63, 3.8) is 0 Å². The molecule has 0 aliphatic carbocycles. The minimum absolute atomic E-state index is 0.322. The van der Waals surface area contributed by atoms with Gasteiger partial charge in [-0.05, 0) is 83.2 Å². The largest absolute Gasteiger partial charge is 0.281 e. The molecule has 0 atom stereocenters. The second kappa shape index (κ2) is 5.47. The molecule has 0 bridgehead atoms. The molecule has 0 aromatic heterocycles. The predicted molar refractivity (Wildman–Crippen MR) is 81.3 cm³/mol. The summed E-state index contributed by atoms with van der Waals surface area (Å²) in [7, 11) is -3.69. The Hall–Kier alpha value is -0.910. The lowest BCUT2D eigenvalue weighted by Gasteiger charge is -2.22. The van der Waals surface area contributed by atoms with Crippen molar-refractivity contribution >= 4 is 10.0 Å². The second-order valence-corrected chi connectivity index (χ2v) is 7.84. The van der Waals surface area contributed by atoms with E-state index in [2.05, 4.69) is 4.89 Å². The molecule has 0 fully saturated rings. The molecule has 0 heterocycles. The topological polar surface area (TPSA) is 55.4 Å². The van der Waals surface area contributed by atoms with Crippen molar-refractivity contribution < 1.29 is 13.3 Å². The highest BCUT2D eigenvalue weighted by atomic mass is 32.2. The molecule has 20 heavy (non-hydrogen) atoms. The highest BCUT2D eigenvalue weighted by Crippen LogP contribution is 2.29. The van der Waals surface area contributed by atoms with Crippen LogP contribution in [0.2, 0.25) is 0 Å². The molecule has 4 nitrogen and oxygen atoms in total. The van der Waals surface area contributed by atoms with Gasteiger partial charge in [0, 0.05) is 0 Å². The first kappa shape index (κ1) is 17.1. The van der Waals surface area contributed by atoms with Crippen molar-refractivity contribution in [3.8, 4) is 0 Å². The number of benzene rings is 1. The van der Waals surface area contributed by atoms with Gasteiger partial charge in [-0.1, -0.05) is 4.89 Å². The van der Waals surface area contributed by atoms with Crippen LogP contribution in [-0.2, 0) is 14.9 Å². The van der Waals surface area contributed by atoms with E-state index in [0.29, 0.717) is 4.90 Å². The molecule has 1 aromatic carbocycles. The summed E-state index contributed by atoms with van der Waals surface area (Å²) in [4.78, 5) is 7.80. The lowest BCUT2D eigenvalue weighted by Crippen LogP contribution is -2.34. The molecule has 0 aliphatic rings. The van der Waals surface area contributed by atoms with Crippen LogP contribution in [0, 0.1) is 34.6 Å². The highest BCUT2D eigenvalue weighted by molar-refractivity contribution is 7.89. The summed E-state index contributed by atoms with van der Waals surface area (Å²) >= 11 is 0. The van der Waals surface area contributed by atoms with Gasteiger partial charge in [0.05, 0.1) is 10.5 Å².